The van der Waals surface area contributed by atoms with E-state index in [0.717, 1.165) is 25.2 Å². The van der Waals surface area contributed by atoms with Gasteiger partial charge in [0.15, 0.2) is 0 Å². The topological polar surface area (TPSA) is 24.5 Å². The first-order valence-corrected chi connectivity index (χ1v) is 6.60. The molecule has 1 N–H and O–H groups in total. The van der Waals surface area contributed by atoms with Gasteiger partial charge in [0.2, 0.25) is 0 Å². The number of nitrogens with zero attached hydrogens (tertiary/aromatic N) is 1. The largest absolute Gasteiger partial charge is 0.435 e. The second-order valence-corrected chi connectivity index (χ2v) is 5.13. The maximum absolute atomic E-state index is 12.1. The van der Waals surface area contributed by atoms with Crippen LogP contribution < -0.4 is 15.0 Å². The number of alkyl halides is 2. The van der Waals surface area contributed by atoms with Gasteiger partial charge in [-0.3, -0.25) is 0 Å². The van der Waals surface area contributed by atoms with Crippen molar-refractivity contribution in [3.05, 3.63) is 24.3 Å². The van der Waals surface area contributed by atoms with Crippen LogP contribution in [-0.4, -0.2) is 31.8 Å². The molecule has 0 aliphatic carbocycles. The molecule has 1 aliphatic heterocycles. The van der Waals surface area contributed by atoms with E-state index < -0.39 is 6.61 Å². The summed E-state index contributed by atoms with van der Waals surface area (Å²) in [4.78, 5) is 2.26. The highest BCUT2D eigenvalue weighted by Gasteiger charge is 2.22. The minimum Gasteiger partial charge on any atom is -0.435 e. The van der Waals surface area contributed by atoms with Crippen LogP contribution in [0.25, 0.3) is 0 Å². The zero-order chi connectivity index (χ0) is 13.8. The van der Waals surface area contributed by atoms with Crippen molar-refractivity contribution >= 4 is 5.69 Å². The average molecular weight is 270 g/mol. The molecule has 5 heteroatoms. The Kier molecular flexibility index (Phi) is 4.58. The molecule has 1 unspecified atom stereocenters. The van der Waals surface area contributed by atoms with Crippen LogP contribution in [0.2, 0.25) is 0 Å². The van der Waals surface area contributed by atoms with Gasteiger partial charge in [-0.25, -0.2) is 0 Å². The molecule has 0 bridgehead atoms. The van der Waals surface area contributed by atoms with Gasteiger partial charge < -0.3 is 15.0 Å². The van der Waals surface area contributed by atoms with Crippen LogP contribution >= 0.6 is 0 Å². The molecule has 0 radical (unpaired) electrons. The smallest absolute Gasteiger partial charge is 0.387 e. The van der Waals surface area contributed by atoms with E-state index in [0.29, 0.717) is 12.1 Å². The highest BCUT2D eigenvalue weighted by molar-refractivity contribution is 5.50. The first kappa shape index (κ1) is 14.1. The van der Waals surface area contributed by atoms with Crippen LogP contribution in [0.15, 0.2) is 24.3 Å². The van der Waals surface area contributed by atoms with Crippen LogP contribution in [0.3, 0.4) is 0 Å². The lowest BCUT2D eigenvalue weighted by Gasteiger charge is -2.20. The van der Waals surface area contributed by atoms with Crippen molar-refractivity contribution in [3.8, 4) is 5.75 Å². The molecule has 1 heterocycles. The zero-order valence-corrected chi connectivity index (χ0v) is 11.3. The number of benzene rings is 1. The van der Waals surface area contributed by atoms with Crippen molar-refractivity contribution < 1.29 is 13.5 Å². The van der Waals surface area contributed by atoms with Gasteiger partial charge in [0.05, 0.1) is 0 Å². The lowest BCUT2D eigenvalue weighted by Crippen LogP contribution is -2.36. The fourth-order valence-electron chi connectivity index (χ4n) is 2.44. The lowest BCUT2D eigenvalue weighted by molar-refractivity contribution is -0.0498. The van der Waals surface area contributed by atoms with Crippen molar-refractivity contribution in [1.82, 2.24) is 5.32 Å². The molecule has 1 aliphatic rings. The molecule has 19 heavy (non-hydrogen) atoms. The SMILES string of the molecule is CC(C)NC1CCN(c2ccc(OC(F)F)cc2)C1. The van der Waals surface area contributed by atoms with Crippen molar-refractivity contribution in [2.45, 2.75) is 39.0 Å². The number of rotatable bonds is 5. The van der Waals surface area contributed by atoms with E-state index in [1.165, 1.54) is 0 Å². The summed E-state index contributed by atoms with van der Waals surface area (Å²) in [6.45, 7) is 3.45. The Morgan fingerprint density at radius 3 is 2.53 bits per heavy atom. The quantitative estimate of drug-likeness (QED) is 0.890. The van der Waals surface area contributed by atoms with E-state index in [4.69, 9.17) is 0 Å². The second-order valence-electron chi connectivity index (χ2n) is 5.13. The van der Waals surface area contributed by atoms with Gasteiger partial charge >= 0.3 is 6.61 Å². The Morgan fingerprint density at radius 2 is 1.95 bits per heavy atom. The summed E-state index contributed by atoms with van der Waals surface area (Å²) < 4.78 is 28.4. The average Bonchev–Trinajstić information content (AvgIpc) is 2.76. The highest BCUT2D eigenvalue weighted by Crippen LogP contribution is 2.24. The van der Waals surface area contributed by atoms with E-state index in [1.54, 1.807) is 12.1 Å². The van der Waals surface area contributed by atoms with Crippen molar-refractivity contribution in [2.75, 3.05) is 18.0 Å². The molecule has 1 aromatic carbocycles. The molecule has 0 spiro atoms. The first-order valence-electron chi connectivity index (χ1n) is 6.60. The molecule has 1 fully saturated rings. The molecular formula is C14H20F2N2O. The summed E-state index contributed by atoms with van der Waals surface area (Å²) in [7, 11) is 0. The third-order valence-electron chi connectivity index (χ3n) is 3.18. The Morgan fingerprint density at radius 1 is 1.26 bits per heavy atom. The Bertz CT molecular complexity index is 395. The van der Waals surface area contributed by atoms with E-state index in [1.807, 2.05) is 12.1 Å². The molecule has 106 valence electrons. The number of anilines is 1. The van der Waals surface area contributed by atoms with Crippen molar-refractivity contribution in [1.29, 1.82) is 0 Å². The first-order chi connectivity index (χ1) is 9.04. The van der Waals surface area contributed by atoms with Crippen LogP contribution in [-0.2, 0) is 0 Å². The Hall–Kier alpha value is -1.36. The third-order valence-corrected chi connectivity index (χ3v) is 3.18. The minimum atomic E-state index is -2.77. The predicted molar refractivity (Wildman–Crippen MR) is 72.0 cm³/mol. The molecule has 0 amide bonds. The highest BCUT2D eigenvalue weighted by atomic mass is 19.3. The monoisotopic (exact) mass is 270 g/mol. The fourth-order valence-corrected chi connectivity index (χ4v) is 2.44. The van der Waals surface area contributed by atoms with Gasteiger partial charge in [0.25, 0.3) is 0 Å². The molecule has 1 aromatic rings. The van der Waals surface area contributed by atoms with Gasteiger partial charge in [-0.05, 0) is 30.7 Å². The lowest BCUT2D eigenvalue weighted by atomic mass is 10.2. The van der Waals surface area contributed by atoms with Crippen molar-refractivity contribution in [2.24, 2.45) is 0 Å². The summed E-state index contributed by atoms with van der Waals surface area (Å²) in [5.74, 6) is 0.204. The van der Waals surface area contributed by atoms with Crippen LogP contribution in [0.5, 0.6) is 5.75 Å². The summed E-state index contributed by atoms with van der Waals surface area (Å²) in [6, 6.07) is 7.81. The number of halogens is 2. The van der Waals surface area contributed by atoms with Crippen LogP contribution in [0.1, 0.15) is 20.3 Å². The van der Waals surface area contributed by atoms with E-state index in [2.05, 4.69) is 28.8 Å². The summed E-state index contributed by atoms with van der Waals surface area (Å²) in [5, 5.41) is 3.51. The maximum atomic E-state index is 12.1. The number of hydrogen-bond donors (Lipinski definition) is 1. The molecule has 0 saturated carbocycles. The summed E-state index contributed by atoms with van der Waals surface area (Å²) in [6.07, 6.45) is 1.10. The number of ether oxygens (including phenoxy) is 1. The van der Waals surface area contributed by atoms with Crippen LogP contribution in [0.4, 0.5) is 14.5 Å². The molecule has 2 rings (SSSR count). The van der Waals surface area contributed by atoms with Crippen LogP contribution in [0, 0.1) is 0 Å². The van der Waals surface area contributed by atoms with Gasteiger partial charge in [-0.15, -0.1) is 0 Å². The minimum absolute atomic E-state index is 0.204. The molecule has 1 atom stereocenters. The fraction of sp³-hybridized carbons (Fsp3) is 0.571. The molecular weight excluding hydrogens is 250 g/mol. The second kappa shape index (κ2) is 6.19. The maximum Gasteiger partial charge on any atom is 0.387 e. The van der Waals surface area contributed by atoms with Gasteiger partial charge in [0, 0.05) is 30.9 Å². The molecule has 1 saturated heterocycles. The Balaban J connectivity index is 1.92. The van der Waals surface area contributed by atoms with Gasteiger partial charge in [-0.1, -0.05) is 13.8 Å². The van der Waals surface area contributed by atoms with Gasteiger partial charge in [-0.2, -0.15) is 8.78 Å². The summed E-state index contributed by atoms with van der Waals surface area (Å²) >= 11 is 0. The standard InChI is InChI=1S/C14H20F2N2O/c1-10(2)17-11-7-8-18(9-11)12-3-5-13(6-4-12)19-14(15)16/h3-6,10-11,14,17H,7-9H2,1-2H3. The predicted octanol–water partition coefficient (Wildman–Crippen LogP) is 2.86. The van der Waals surface area contributed by atoms with E-state index >= 15 is 0 Å². The molecule has 3 nitrogen and oxygen atoms in total. The Labute approximate surface area is 112 Å². The third kappa shape index (κ3) is 4.06. The number of nitrogens with one attached hydrogen (secondary N) is 1. The van der Waals surface area contributed by atoms with E-state index in [9.17, 15) is 8.78 Å². The van der Waals surface area contributed by atoms with E-state index in [-0.39, 0.29) is 5.75 Å². The number of hydrogen-bond acceptors (Lipinski definition) is 3. The van der Waals surface area contributed by atoms with Crippen molar-refractivity contribution in [3.63, 3.8) is 0 Å². The normalized spacial score (nSPS) is 19.5. The van der Waals surface area contributed by atoms with Gasteiger partial charge in [0.1, 0.15) is 5.75 Å². The summed E-state index contributed by atoms with van der Waals surface area (Å²) in [5.41, 5.74) is 1.05. The zero-order valence-electron chi connectivity index (χ0n) is 11.3. The molecule has 0 aromatic heterocycles.